The fourth-order valence-electron chi connectivity index (χ4n) is 1.88. The summed E-state index contributed by atoms with van der Waals surface area (Å²) < 4.78 is 7.79. The molecule has 0 aliphatic carbocycles. The van der Waals surface area contributed by atoms with Crippen LogP contribution in [0.15, 0.2) is 26.5 Å². The fraction of sp³-hybridized carbons (Fsp3) is 0.400. The second-order valence-corrected chi connectivity index (χ2v) is 7.48. The number of benzene rings is 1. The van der Waals surface area contributed by atoms with Crippen LogP contribution in [0.1, 0.15) is 29.6 Å². The van der Waals surface area contributed by atoms with E-state index < -0.39 is 0 Å². The summed E-state index contributed by atoms with van der Waals surface area (Å²) in [6, 6.07) is 4.18. The van der Waals surface area contributed by atoms with Gasteiger partial charge in [0.2, 0.25) is 0 Å². The summed E-state index contributed by atoms with van der Waals surface area (Å²) in [6.07, 6.45) is 1.14. The van der Waals surface area contributed by atoms with Crippen LogP contribution in [0.5, 0.6) is 5.75 Å². The first-order valence-electron chi connectivity index (χ1n) is 6.82. The lowest BCUT2D eigenvalue weighted by Gasteiger charge is -2.12. The summed E-state index contributed by atoms with van der Waals surface area (Å²) in [5, 5.41) is 6.48. The van der Waals surface area contributed by atoms with Gasteiger partial charge in [-0.3, -0.25) is 0 Å². The molecular formula is C15H18Br2N2OS. The lowest BCUT2D eigenvalue weighted by molar-refractivity contribution is 0.298. The second-order valence-electron chi connectivity index (χ2n) is 4.71. The summed E-state index contributed by atoms with van der Waals surface area (Å²) in [4.78, 5) is 4.41. The third-order valence-electron chi connectivity index (χ3n) is 2.84. The normalized spacial score (nSPS) is 10.9. The first-order valence-corrected chi connectivity index (χ1v) is 9.29. The first kappa shape index (κ1) is 16.9. The predicted molar refractivity (Wildman–Crippen MR) is 95.0 cm³/mol. The van der Waals surface area contributed by atoms with Gasteiger partial charge in [0, 0.05) is 11.9 Å². The Bertz CT molecular complexity index is 578. The van der Waals surface area contributed by atoms with Crippen molar-refractivity contribution in [1.82, 2.24) is 10.3 Å². The number of aryl methyl sites for hydroxylation is 1. The molecule has 0 aliphatic rings. The molecule has 0 fully saturated rings. The number of halogens is 2. The number of ether oxygens (including phenoxy) is 1. The number of nitrogens with zero attached hydrogens (tertiary/aromatic N) is 1. The van der Waals surface area contributed by atoms with Crippen LogP contribution >= 0.6 is 43.2 Å². The summed E-state index contributed by atoms with van der Waals surface area (Å²) in [7, 11) is 0. The smallest absolute Gasteiger partial charge is 0.148 e. The van der Waals surface area contributed by atoms with Crippen molar-refractivity contribution in [1.29, 1.82) is 0 Å². The Labute approximate surface area is 146 Å². The number of aromatic nitrogens is 1. The van der Waals surface area contributed by atoms with Crippen LogP contribution in [0.25, 0.3) is 0 Å². The molecule has 0 saturated heterocycles. The molecule has 114 valence electrons. The van der Waals surface area contributed by atoms with Crippen LogP contribution < -0.4 is 10.1 Å². The average molecular weight is 434 g/mol. The minimum Gasteiger partial charge on any atom is -0.485 e. The van der Waals surface area contributed by atoms with Crippen LogP contribution in [0.2, 0.25) is 0 Å². The Kier molecular flexibility index (Phi) is 6.67. The Balaban J connectivity index is 2.02. The summed E-state index contributed by atoms with van der Waals surface area (Å²) in [6.45, 7) is 6.52. The zero-order chi connectivity index (χ0) is 15.2. The van der Waals surface area contributed by atoms with E-state index in [0.717, 1.165) is 44.9 Å². The summed E-state index contributed by atoms with van der Waals surface area (Å²) >= 11 is 8.81. The highest BCUT2D eigenvalue weighted by Crippen LogP contribution is 2.35. The molecule has 6 heteroatoms. The van der Waals surface area contributed by atoms with Crippen LogP contribution in [0, 0.1) is 6.92 Å². The summed E-state index contributed by atoms with van der Waals surface area (Å²) in [5.74, 6) is 0.819. The molecule has 0 unspecified atom stereocenters. The molecule has 1 heterocycles. The molecule has 0 spiro atoms. The maximum absolute atomic E-state index is 5.88. The van der Waals surface area contributed by atoms with E-state index in [9.17, 15) is 0 Å². The quantitative estimate of drug-likeness (QED) is 0.620. The van der Waals surface area contributed by atoms with Gasteiger partial charge in [-0.1, -0.05) is 6.92 Å². The minimum absolute atomic E-state index is 0.481. The van der Waals surface area contributed by atoms with Gasteiger partial charge in [-0.05, 0) is 69.4 Å². The topological polar surface area (TPSA) is 34.1 Å². The van der Waals surface area contributed by atoms with Crippen molar-refractivity contribution in [2.45, 2.75) is 33.4 Å². The zero-order valence-corrected chi connectivity index (χ0v) is 16.1. The number of nitrogens with one attached hydrogen (secondary N) is 1. The maximum Gasteiger partial charge on any atom is 0.148 e. The third-order valence-corrected chi connectivity index (χ3v) is 4.85. The molecule has 0 bridgehead atoms. The Morgan fingerprint density at radius 3 is 2.57 bits per heavy atom. The van der Waals surface area contributed by atoms with E-state index in [1.807, 2.05) is 12.3 Å². The highest BCUT2D eigenvalue weighted by atomic mass is 79.9. The van der Waals surface area contributed by atoms with Gasteiger partial charge in [-0.25, -0.2) is 4.98 Å². The molecule has 3 nitrogen and oxygen atoms in total. The molecule has 0 atom stereocenters. The molecule has 1 aromatic heterocycles. The standard InChI is InChI=1S/C15H18Br2N2OS/c1-3-4-18-7-11-5-13(16)15(14(17)6-11)20-8-12-9-21-10(2)19-12/h5-6,9,18H,3-4,7-8H2,1-2H3. The van der Waals surface area contributed by atoms with E-state index in [-0.39, 0.29) is 0 Å². The molecule has 0 amide bonds. The fourth-order valence-corrected chi connectivity index (χ4v) is 3.99. The van der Waals surface area contributed by atoms with Gasteiger partial charge >= 0.3 is 0 Å². The van der Waals surface area contributed by atoms with Crippen molar-refractivity contribution >= 4 is 43.2 Å². The SMILES string of the molecule is CCCNCc1cc(Br)c(OCc2csc(C)n2)c(Br)c1. The third kappa shape index (κ3) is 5.06. The molecule has 0 saturated carbocycles. The Hall–Kier alpha value is -0.430. The van der Waals surface area contributed by atoms with E-state index >= 15 is 0 Å². The molecule has 1 aromatic carbocycles. The van der Waals surface area contributed by atoms with Crippen LogP contribution in [-0.2, 0) is 13.2 Å². The van der Waals surface area contributed by atoms with E-state index in [1.54, 1.807) is 11.3 Å². The predicted octanol–water partition coefficient (Wildman–Crippen LogP) is 5.06. The zero-order valence-electron chi connectivity index (χ0n) is 12.1. The van der Waals surface area contributed by atoms with Gasteiger partial charge in [0.15, 0.2) is 0 Å². The largest absolute Gasteiger partial charge is 0.485 e. The number of hydrogen-bond acceptors (Lipinski definition) is 4. The highest BCUT2D eigenvalue weighted by molar-refractivity contribution is 9.11. The van der Waals surface area contributed by atoms with E-state index in [0.29, 0.717) is 6.61 Å². The van der Waals surface area contributed by atoms with Crippen molar-refractivity contribution < 1.29 is 4.74 Å². The van der Waals surface area contributed by atoms with E-state index in [2.05, 4.69) is 61.2 Å². The van der Waals surface area contributed by atoms with Crippen molar-refractivity contribution in [2.24, 2.45) is 0 Å². The van der Waals surface area contributed by atoms with Crippen molar-refractivity contribution in [3.05, 3.63) is 42.7 Å². The van der Waals surface area contributed by atoms with Crippen molar-refractivity contribution in [3.63, 3.8) is 0 Å². The Morgan fingerprint density at radius 1 is 1.29 bits per heavy atom. The molecule has 2 aromatic rings. The first-order chi connectivity index (χ1) is 10.1. The van der Waals surface area contributed by atoms with E-state index in [1.165, 1.54) is 5.56 Å². The maximum atomic E-state index is 5.88. The van der Waals surface area contributed by atoms with Gasteiger partial charge in [0.1, 0.15) is 12.4 Å². The number of thiazole rings is 1. The van der Waals surface area contributed by atoms with Gasteiger partial charge in [0.05, 0.1) is 19.6 Å². The van der Waals surface area contributed by atoms with Gasteiger partial charge in [-0.15, -0.1) is 11.3 Å². The number of hydrogen-bond donors (Lipinski definition) is 1. The minimum atomic E-state index is 0.481. The van der Waals surface area contributed by atoms with Gasteiger partial charge in [-0.2, -0.15) is 0 Å². The van der Waals surface area contributed by atoms with Crippen molar-refractivity contribution in [2.75, 3.05) is 6.54 Å². The number of rotatable bonds is 7. The van der Waals surface area contributed by atoms with Gasteiger partial charge < -0.3 is 10.1 Å². The lowest BCUT2D eigenvalue weighted by Crippen LogP contribution is -2.13. The van der Waals surface area contributed by atoms with Crippen LogP contribution in [-0.4, -0.2) is 11.5 Å². The lowest BCUT2D eigenvalue weighted by atomic mass is 10.2. The van der Waals surface area contributed by atoms with Crippen molar-refractivity contribution in [3.8, 4) is 5.75 Å². The average Bonchev–Trinajstić information content (AvgIpc) is 2.84. The monoisotopic (exact) mass is 432 g/mol. The van der Waals surface area contributed by atoms with Crippen LogP contribution in [0.3, 0.4) is 0 Å². The van der Waals surface area contributed by atoms with Crippen LogP contribution in [0.4, 0.5) is 0 Å². The highest BCUT2D eigenvalue weighted by Gasteiger charge is 2.10. The summed E-state index contributed by atoms with van der Waals surface area (Å²) in [5.41, 5.74) is 2.18. The van der Waals surface area contributed by atoms with E-state index in [4.69, 9.17) is 4.74 Å². The van der Waals surface area contributed by atoms with Gasteiger partial charge in [0.25, 0.3) is 0 Å². The molecule has 1 N–H and O–H groups in total. The molecular weight excluding hydrogens is 416 g/mol. The Morgan fingerprint density at radius 2 is 2.00 bits per heavy atom. The molecule has 0 radical (unpaired) electrons. The molecule has 2 rings (SSSR count). The second kappa shape index (κ2) is 8.27. The molecule has 0 aliphatic heterocycles. The molecule has 21 heavy (non-hydrogen) atoms.